The number of fused-ring (bicyclic) bond motifs is 4. The minimum absolute atomic E-state index is 0. The summed E-state index contributed by atoms with van der Waals surface area (Å²) in [4.78, 5) is 9.23. The van der Waals surface area contributed by atoms with Crippen LogP contribution in [0.4, 0.5) is 17.1 Å². The number of nitrogens with zero attached hydrogens (tertiary/aromatic N) is 4. The number of aromatic nitrogens is 2. The molecule has 0 bridgehead atoms. The summed E-state index contributed by atoms with van der Waals surface area (Å²) in [5.41, 5.74) is 6.48. The Labute approximate surface area is 268 Å². The fraction of sp³-hybridized carbons (Fsp3) is 0.189. The van der Waals surface area contributed by atoms with Crippen molar-refractivity contribution < 1.29 is 25.8 Å². The van der Waals surface area contributed by atoms with Crippen molar-refractivity contribution in [2.75, 3.05) is 9.80 Å². The molecule has 3 heterocycles. The molecule has 4 aromatic carbocycles. The molecule has 0 atom stereocenters. The third kappa shape index (κ3) is 5.21. The number of ether oxygens (including phenoxy) is 1. The van der Waals surface area contributed by atoms with Gasteiger partial charge in [0, 0.05) is 55.7 Å². The number of para-hydroxylation sites is 3. The second kappa shape index (κ2) is 11.2. The molecule has 6 aromatic rings. The second-order valence-electron chi connectivity index (χ2n) is 12.1. The number of hydrogen-bond donors (Lipinski definition) is 0. The zero-order valence-electron chi connectivity index (χ0n) is 24.9. The second-order valence-corrected chi connectivity index (χ2v) is 12.1. The van der Waals surface area contributed by atoms with E-state index < -0.39 is 0 Å². The number of pyridine rings is 1. The van der Waals surface area contributed by atoms with Gasteiger partial charge in [0.15, 0.2) is 0 Å². The van der Waals surface area contributed by atoms with Crippen LogP contribution in [0.1, 0.15) is 40.2 Å². The van der Waals surface area contributed by atoms with Crippen LogP contribution in [0.5, 0.6) is 11.5 Å². The van der Waals surface area contributed by atoms with Gasteiger partial charge in [-0.15, -0.1) is 41.4 Å². The van der Waals surface area contributed by atoms with E-state index in [0.29, 0.717) is 17.5 Å². The first-order valence-corrected chi connectivity index (χ1v) is 14.4. The standard InChI is InChI=1S/C37H33N4O.Pt/c1-25(2)39-24-40(34-16-9-8-15-33(34)39)27-11-10-12-28(22-27)42-29-17-18-31-30-13-6-7-14-32(30)41(35(31)23-29)36-21-26(19-20-38-36)37(3,4)5;/h6-21,24-25H,1-5H3;/q-3;. The van der Waals surface area contributed by atoms with Crippen LogP contribution in [0.2, 0.25) is 0 Å². The molecule has 1 aliphatic rings. The average molecular weight is 745 g/mol. The van der Waals surface area contributed by atoms with E-state index in [1.54, 1.807) is 0 Å². The monoisotopic (exact) mass is 744 g/mol. The SMILES string of the molecule is CC(C)N1[CH-]N(c2[c-]c(Oc3[c-]c4c(cc3)c3ccccc3n4-c3cc(C(C)(C)C)ccn3)ccc2)c2ccccc21.[Pt]. The fourth-order valence-electron chi connectivity index (χ4n) is 5.67. The summed E-state index contributed by atoms with van der Waals surface area (Å²) >= 11 is 0. The van der Waals surface area contributed by atoms with Gasteiger partial charge in [-0.05, 0) is 66.6 Å². The summed E-state index contributed by atoms with van der Waals surface area (Å²) in [5, 5.41) is 2.26. The largest absolute Gasteiger partial charge is 0.509 e. The Morgan fingerprint density at radius 3 is 2.33 bits per heavy atom. The first-order valence-electron chi connectivity index (χ1n) is 14.4. The molecule has 220 valence electrons. The Morgan fingerprint density at radius 2 is 1.53 bits per heavy atom. The molecule has 6 heteroatoms. The average Bonchev–Trinajstić information content (AvgIpc) is 3.53. The Balaban J connectivity index is 0.00000329. The van der Waals surface area contributed by atoms with Crippen LogP contribution in [0.15, 0.2) is 97.2 Å². The van der Waals surface area contributed by atoms with E-state index in [2.05, 4.69) is 141 Å². The van der Waals surface area contributed by atoms with Crippen LogP contribution >= 0.6 is 0 Å². The van der Waals surface area contributed by atoms with E-state index >= 15 is 0 Å². The van der Waals surface area contributed by atoms with Gasteiger partial charge in [0.05, 0.1) is 0 Å². The van der Waals surface area contributed by atoms with Gasteiger partial charge in [-0.1, -0.05) is 56.6 Å². The van der Waals surface area contributed by atoms with Crippen LogP contribution in [0, 0.1) is 18.8 Å². The normalized spacial score (nSPS) is 13.1. The Kier molecular flexibility index (Phi) is 7.56. The predicted molar refractivity (Wildman–Crippen MR) is 172 cm³/mol. The van der Waals surface area contributed by atoms with Gasteiger partial charge in [0.1, 0.15) is 5.82 Å². The third-order valence-electron chi connectivity index (χ3n) is 7.85. The maximum Gasteiger partial charge on any atom is 0.135 e. The zero-order chi connectivity index (χ0) is 29.0. The van der Waals surface area contributed by atoms with E-state index in [1.165, 1.54) is 11.3 Å². The van der Waals surface area contributed by atoms with Crippen molar-refractivity contribution in [2.24, 2.45) is 0 Å². The molecule has 2 aromatic heterocycles. The molecule has 0 saturated carbocycles. The zero-order valence-corrected chi connectivity index (χ0v) is 27.2. The van der Waals surface area contributed by atoms with E-state index in [1.807, 2.05) is 24.4 Å². The molecular formula is C37H33N4OPt-3. The molecule has 0 amide bonds. The molecule has 0 unspecified atom stereocenters. The van der Waals surface area contributed by atoms with Crippen molar-refractivity contribution in [3.05, 3.63) is 122 Å². The van der Waals surface area contributed by atoms with Crippen molar-refractivity contribution in [2.45, 2.75) is 46.1 Å². The van der Waals surface area contributed by atoms with Crippen LogP contribution in [-0.2, 0) is 26.5 Å². The molecule has 5 nitrogen and oxygen atoms in total. The Bertz CT molecular complexity index is 1940. The molecule has 1 aliphatic heterocycles. The number of rotatable bonds is 5. The van der Waals surface area contributed by atoms with Gasteiger partial charge in [-0.3, -0.25) is 0 Å². The number of hydrogen-bond acceptors (Lipinski definition) is 4. The third-order valence-corrected chi connectivity index (χ3v) is 7.85. The van der Waals surface area contributed by atoms with Gasteiger partial charge >= 0.3 is 0 Å². The summed E-state index contributed by atoms with van der Waals surface area (Å²) in [6.07, 6.45) is 1.89. The summed E-state index contributed by atoms with van der Waals surface area (Å²) < 4.78 is 8.60. The number of anilines is 3. The summed E-state index contributed by atoms with van der Waals surface area (Å²) in [6, 6.07) is 38.6. The van der Waals surface area contributed by atoms with Gasteiger partial charge < -0.3 is 19.1 Å². The summed E-state index contributed by atoms with van der Waals surface area (Å²) in [6.45, 7) is 13.2. The van der Waals surface area contributed by atoms with Crippen molar-refractivity contribution in [3.8, 4) is 17.3 Å². The quantitative estimate of drug-likeness (QED) is 0.165. The Hall–Kier alpha value is -4.08. The Morgan fingerprint density at radius 1 is 0.791 bits per heavy atom. The van der Waals surface area contributed by atoms with E-state index in [-0.39, 0.29) is 26.5 Å². The predicted octanol–water partition coefficient (Wildman–Crippen LogP) is 9.35. The fourth-order valence-corrected chi connectivity index (χ4v) is 5.67. The first-order chi connectivity index (χ1) is 20.3. The molecule has 0 aliphatic carbocycles. The van der Waals surface area contributed by atoms with E-state index in [4.69, 9.17) is 9.72 Å². The van der Waals surface area contributed by atoms with Crippen molar-refractivity contribution >= 4 is 38.9 Å². The van der Waals surface area contributed by atoms with Crippen molar-refractivity contribution in [3.63, 3.8) is 0 Å². The molecule has 7 rings (SSSR count). The molecule has 0 radical (unpaired) electrons. The summed E-state index contributed by atoms with van der Waals surface area (Å²) in [7, 11) is 0. The van der Waals surface area contributed by atoms with Crippen LogP contribution in [0.3, 0.4) is 0 Å². The van der Waals surface area contributed by atoms with Crippen molar-refractivity contribution in [1.82, 2.24) is 9.55 Å². The smallest absolute Gasteiger partial charge is 0.135 e. The van der Waals surface area contributed by atoms with Gasteiger partial charge in [-0.2, -0.15) is 18.8 Å². The molecule has 0 saturated heterocycles. The maximum absolute atomic E-state index is 6.41. The van der Waals surface area contributed by atoms with E-state index in [0.717, 1.165) is 39.0 Å². The molecule has 0 spiro atoms. The molecule has 0 fully saturated rings. The molecule has 0 N–H and O–H groups in total. The van der Waals surface area contributed by atoms with Crippen molar-refractivity contribution in [1.29, 1.82) is 0 Å². The number of benzene rings is 4. The van der Waals surface area contributed by atoms with E-state index in [9.17, 15) is 0 Å². The maximum atomic E-state index is 6.41. The first kappa shape index (κ1) is 29.0. The van der Waals surface area contributed by atoms with Crippen LogP contribution in [-0.4, -0.2) is 15.6 Å². The minimum Gasteiger partial charge on any atom is -0.509 e. The van der Waals surface area contributed by atoms with Gasteiger partial charge in [0.2, 0.25) is 0 Å². The van der Waals surface area contributed by atoms with Gasteiger partial charge in [-0.25, -0.2) is 4.98 Å². The molecular weight excluding hydrogens is 712 g/mol. The molecule has 43 heavy (non-hydrogen) atoms. The van der Waals surface area contributed by atoms with Crippen LogP contribution < -0.4 is 14.5 Å². The topological polar surface area (TPSA) is 33.5 Å². The van der Waals surface area contributed by atoms with Gasteiger partial charge in [0.25, 0.3) is 0 Å². The minimum atomic E-state index is 0. The summed E-state index contributed by atoms with van der Waals surface area (Å²) in [5.74, 6) is 2.13. The van der Waals surface area contributed by atoms with Crippen LogP contribution in [0.25, 0.3) is 27.6 Å².